The quantitative estimate of drug-likeness (QED) is 0.589. The molecule has 1 atom stereocenters. The zero-order chi connectivity index (χ0) is 11.1. The highest BCUT2D eigenvalue weighted by molar-refractivity contribution is 5.72. The maximum atomic E-state index is 10.6. The standard InChI is InChI=1S/C10H20N2O3/c1-9(13)12-5-4-11-7-10(14-2)3-6-15-8-10/h11H,3-8H2,1-2H3,(H,12,13). The van der Waals surface area contributed by atoms with Crippen molar-refractivity contribution < 1.29 is 14.3 Å². The molecule has 1 aliphatic rings. The predicted molar refractivity (Wildman–Crippen MR) is 56.7 cm³/mol. The molecule has 0 spiro atoms. The number of ether oxygens (including phenoxy) is 2. The van der Waals surface area contributed by atoms with Crippen molar-refractivity contribution in [2.75, 3.05) is 40.0 Å². The Balaban J connectivity index is 2.10. The van der Waals surface area contributed by atoms with Crippen LogP contribution in [0, 0.1) is 0 Å². The molecule has 88 valence electrons. The van der Waals surface area contributed by atoms with Crippen LogP contribution in [0.3, 0.4) is 0 Å². The van der Waals surface area contributed by atoms with Crippen LogP contribution >= 0.6 is 0 Å². The van der Waals surface area contributed by atoms with Gasteiger partial charge >= 0.3 is 0 Å². The Hall–Kier alpha value is -0.650. The van der Waals surface area contributed by atoms with Crippen LogP contribution in [0.2, 0.25) is 0 Å². The number of amides is 1. The zero-order valence-electron chi connectivity index (χ0n) is 9.47. The average Bonchev–Trinajstić information content (AvgIpc) is 2.66. The SMILES string of the molecule is COC1(CNCCNC(C)=O)CCOC1. The summed E-state index contributed by atoms with van der Waals surface area (Å²) in [7, 11) is 1.71. The average molecular weight is 216 g/mol. The van der Waals surface area contributed by atoms with Gasteiger partial charge in [0.25, 0.3) is 0 Å². The maximum Gasteiger partial charge on any atom is 0.216 e. The van der Waals surface area contributed by atoms with E-state index in [9.17, 15) is 4.79 Å². The molecule has 5 nitrogen and oxygen atoms in total. The van der Waals surface area contributed by atoms with Crippen LogP contribution in [0.1, 0.15) is 13.3 Å². The van der Waals surface area contributed by atoms with Crippen molar-refractivity contribution >= 4 is 5.91 Å². The summed E-state index contributed by atoms with van der Waals surface area (Å²) in [6.45, 7) is 5.10. The fourth-order valence-electron chi connectivity index (χ4n) is 1.60. The Labute approximate surface area is 90.5 Å². The van der Waals surface area contributed by atoms with Gasteiger partial charge in [-0.05, 0) is 0 Å². The summed E-state index contributed by atoms with van der Waals surface area (Å²) in [5.74, 6) is 0.00227. The van der Waals surface area contributed by atoms with Crippen molar-refractivity contribution in [2.45, 2.75) is 18.9 Å². The second-order valence-corrected chi connectivity index (χ2v) is 3.85. The summed E-state index contributed by atoms with van der Waals surface area (Å²) < 4.78 is 10.8. The molecule has 1 saturated heterocycles. The highest BCUT2D eigenvalue weighted by Gasteiger charge is 2.34. The van der Waals surface area contributed by atoms with Gasteiger partial charge in [0.05, 0.1) is 6.61 Å². The van der Waals surface area contributed by atoms with Crippen molar-refractivity contribution in [3.63, 3.8) is 0 Å². The molecule has 0 bridgehead atoms. The smallest absolute Gasteiger partial charge is 0.216 e. The highest BCUT2D eigenvalue weighted by atomic mass is 16.5. The third-order valence-electron chi connectivity index (χ3n) is 2.62. The zero-order valence-corrected chi connectivity index (χ0v) is 9.47. The number of hydrogen-bond donors (Lipinski definition) is 2. The van der Waals surface area contributed by atoms with Crippen molar-refractivity contribution in [3.05, 3.63) is 0 Å². The first-order valence-corrected chi connectivity index (χ1v) is 5.27. The number of rotatable bonds is 6. The van der Waals surface area contributed by atoms with E-state index in [4.69, 9.17) is 9.47 Å². The first kappa shape index (κ1) is 12.4. The van der Waals surface area contributed by atoms with Crippen LogP contribution in [0.25, 0.3) is 0 Å². The van der Waals surface area contributed by atoms with E-state index in [1.165, 1.54) is 6.92 Å². The van der Waals surface area contributed by atoms with E-state index < -0.39 is 0 Å². The summed E-state index contributed by atoms with van der Waals surface area (Å²) >= 11 is 0. The summed E-state index contributed by atoms with van der Waals surface area (Å²) in [6.07, 6.45) is 0.927. The lowest BCUT2D eigenvalue weighted by atomic mass is 10.0. The van der Waals surface area contributed by atoms with Gasteiger partial charge in [-0.2, -0.15) is 0 Å². The van der Waals surface area contributed by atoms with Gasteiger partial charge in [-0.3, -0.25) is 4.79 Å². The monoisotopic (exact) mass is 216 g/mol. The van der Waals surface area contributed by atoms with Crippen molar-refractivity contribution in [1.29, 1.82) is 0 Å². The predicted octanol–water partition coefficient (Wildman–Crippen LogP) is -0.482. The van der Waals surface area contributed by atoms with Gasteiger partial charge in [0.2, 0.25) is 5.91 Å². The first-order chi connectivity index (χ1) is 7.18. The molecule has 1 fully saturated rings. The van der Waals surface area contributed by atoms with Gasteiger partial charge in [-0.25, -0.2) is 0 Å². The molecule has 0 aliphatic carbocycles. The second-order valence-electron chi connectivity index (χ2n) is 3.85. The number of hydrogen-bond acceptors (Lipinski definition) is 4. The van der Waals surface area contributed by atoms with E-state index in [0.717, 1.165) is 26.1 Å². The van der Waals surface area contributed by atoms with Gasteiger partial charge in [-0.15, -0.1) is 0 Å². The molecule has 0 radical (unpaired) electrons. The molecule has 0 aromatic heterocycles. The van der Waals surface area contributed by atoms with Gasteiger partial charge in [0, 0.05) is 46.7 Å². The highest BCUT2D eigenvalue weighted by Crippen LogP contribution is 2.21. The number of carbonyl (C=O) groups excluding carboxylic acids is 1. The van der Waals surface area contributed by atoms with Crippen molar-refractivity contribution in [1.82, 2.24) is 10.6 Å². The largest absolute Gasteiger partial charge is 0.378 e. The molecule has 0 aromatic carbocycles. The van der Waals surface area contributed by atoms with E-state index >= 15 is 0 Å². The third-order valence-corrected chi connectivity index (χ3v) is 2.62. The topological polar surface area (TPSA) is 59.6 Å². The lowest BCUT2D eigenvalue weighted by molar-refractivity contribution is -0.118. The molecule has 0 aromatic rings. The Morgan fingerprint density at radius 2 is 2.33 bits per heavy atom. The maximum absolute atomic E-state index is 10.6. The fraction of sp³-hybridized carbons (Fsp3) is 0.900. The molecule has 1 heterocycles. The Bertz CT molecular complexity index is 203. The van der Waals surface area contributed by atoms with Gasteiger partial charge in [0.1, 0.15) is 5.60 Å². The molecule has 5 heteroatoms. The van der Waals surface area contributed by atoms with Gasteiger partial charge in [-0.1, -0.05) is 0 Å². The number of methoxy groups -OCH3 is 1. The Morgan fingerprint density at radius 3 is 2.87 bits per heavy atom. The number of nitrogens with one attached hydrogen (secondary N) is 2. The molecular weight excluding hydrogens is 196 g/mol. The summed E-state index contributed by atoms with van der Waals surface area (Å²) in [6, 6.07) is 0. The summed E-state index contributed by atoms with van der Waals surface area (Å²) in [4.78, 5) is 10.6. The van der Waals surface area contributed by atoms with Crippen LogP contribution in [-0.4, -0.2) is 51.5 Å². The molecule has 1 rings (SSSR count). The van der Waals surface area contributed by atoms with E-state index in [0.29, 0.717) is 13.2 Å². The van der Waals surface area contributed by atoms with E-state index in [2.05, 4.69) is 10.6 Å². The normalized spacial score (nSPS) is 25.5. The van der Waals surface area contributed by atoms with Gasteiger partial charge < -0.3 is 20.1 Å². The van der Waals surface area contributed by atoms with Crippen LogP contribution in [0.15, 0.2) is 0 Å². The van der Waals surface area contributed by atoms with Crippen LogP contribution < -0.4 is 10.6 Å². The lowest BCUT2D eigenvalue weighted by Gasteiger charge is -2.25. The summed E-state index contributed by atoms with van der Waals surface area (Å²) in [5, 5.41) is 5.98. The Morgan fingerprint density at radius 1 is 1.53 bits per heavy atom. The molecule has 1 unspecified atom stereocenters. The fourth-order valence-corrected chi connectivity index (χ4v) is 1.60. The van der Waals surface area contributed by atoms with Crippen LogP contribution in [0.5, 0.6) is 0 Å². The van der Waals surface area contributed by atoms with Crippen LogP contribution in [-0.2, 0) is 14.3 Å². The van der Waals surface area contributed by atoms with Gasteiger partial charge in [0.15, 0.2) is 0 Å². The first-order valence-electron chi connectivity index (χ1n) is 5.27. The molecule has 0 saturated carbocycles. The third kappa shape index (κ3) is 4.15. The minimum absolute atomic E-state index is 0.00227. The van der Waals surface area contributed by atoms with E-state index in [-0.39, 0.29) is 11.5 Å². The van der Waals surface area contributed by atoms with Crippen LogP contribution in [0.4, 0.5) is 0 Å². The van der Waals surface area contributed by atoms with Crippen molar-refractivity contribution in [2.24, 2.45) is 0 Å². The summed E-state index contributed by atoms with van der Waals surface area (Å²) in [5.41, 5.74) is -0.170. The lowest BCUT2D eigenvalue weighted by Crippen LogP contribution is -2.44. The Kier molecular flexibility index (Phi) is 5.01. The van der Waals surface area contributed by atoms with Crippen molar-refractivity contribution in [3.8, 4) is 0 Å². The molecule has 15 heavy (non-hydrogen) atoms. The molecule has 2 N–H and O–H groups in total. The molecule has 1 aliphatic heterocycles. The van der Waals surface area contributed by atoms with E-state index in [1.807, 2.05) is 0 Å². The number of carbonyl (C=O) groups is 1. The minimum atomic E-state index is -0.170. The molecule has 1 amide bonds. The second kappa shape index (κ2) is 6.05. The molecular formula is C10H20N2O3. The van der Waals surface area contributed by atoms with E-state index in [1.54, 1.807) is 7.11 Å². The minimum Gasteiger partial charge on any atom is -0.378 e.